The van der Waals surface area contributed by atoms with Crippen LogP contribution in [0.1, 0.15) is 6.92 Å². The number of halogens is 2. The quantitative estimate of drug-likeness (QED) is 0.820. The predicted molar refractivity (Wildman–Crippen MR) is 50.3 cm³/mol. The molecule has 0 aliphatic carbocycles. The molecule has 0 unspecified atom stereocenters. The van der Waals surface area contributed by atoms with Gasteiger partial charge >= 0.3 is 0 Å². The molecule has 0 radical (unpaired) electrons. The van der Waals surface area contributed by atoms with Crippen molar-refractivity contribution >= 4 is 21.7 Å². The van der Waals surface area contributed by atoms with Crippen LogP contribution in [0, 0.1) is 5.82 Å². The highest BCUT2D eigenvalue weighted by Crippen LogP contribution is 2.21. The molecule has 0 heterocycles. The highest BCUT2D eigenvalue weighted by Gasteiger charge is 2.01. The average Bonchev–Trinajstić information content (AvgIpc) is 2.07. The number of Topliss-reactive ketones (excluding diaryl/α,β-unsaturated/α-hetero) is 1. The number of rotatable bonds is 3. The van der Waals surface area contributed by atoms with Crippen LogP contribution in [0.25, 0.3) is 0 Å². The minimum Gasteiger partial charge on any atom is -0.486 e. The van der Waals surface area contributed by atoms with Crippen molar-refractivity contribution in [3.05, 3.63) is 28.5 Å². The Labute approximate surface area is 83.8 Å². The monoisotopic (exact) mass is 246 g/mol. The van der Waals surface area contributed by atoms with E-state index in [9.17, 15) is 9.18 Å². The fraction of sp³-hybridized carbons (Fsp3) is 0.222. The van der Waals surface area contributed by atoms with Crippen LogP contribution in [0.4, 0.5) is 4.39 Å². The molecule has 4 heteroatoms. The van der Waals surface area contributed by atoms with E-state index in [-0.39, 0.29) is 18.2 Å². The Kier molecular flexibility index (Phi) is 3.42. The first-order valence-corrected chi connectivity index (χ1v) is 4.46. The molecule has 13 heavy (non-hydrogen) atoms. The number of hydrogen-bond donors (Lipinski definition) is 0. The smallest absolute Gasteiger partial charge is 0.167 e. The van der Waals surface area contributed by atoms with Gasteiger partial charge in [-0.3, -0.25) is 4.79 Å². The van der Waals surface area contributed by atoms with Gasteiger partial charge in [0.25, 0.3) is 0 Å². The van der Waals surface area contributed by atoms with Crippen LogP contribution in [0.2, 0.25) is 0 Å². The van der Waals surface area contributed by atoms with E-state index in [1.807, 2.05) is 0 Å². The van der Waals surface area contributed by atoms with Crippen LogP contribution in [0.15, 0.2) is 22.7 Å². The summed E-state index contributed by atoms with van der Waals surface area (Å²) in [5.74, 6) is 0.0547. The van der Waals surface area contributed by atoms with E-state index in [0.717, 1.165) is 0 Å². The molecule has 0 N–H and O–H groups in total. The summed E-state index contributed by atoms with van der Waals surface area (Å²) in [7, 11) is 0. The van der Waals surface area contributed by atoms with Gasteiger partial charge in [0, 0.05) is 0 Å². The summed E-state index contributed by atoms with van der Waals surface area (Å²) in [4.78, 5) is 10.6. The number of ether oxygens (including phenoxy) is 1. The second kappa shape index (κ2) is 4.37. The third kappa shape index (κ3) is 3.14. The first-order valence-electron chi connectivity index (χ1n) is 3.67. The topological polar surface area (TPSA) is 26.3 Å². The lowest BCUT2D eigenvalue weighted by Gasteiger charge is -2.03. The summed E-state index contributed by atoms with van der Waals surface area (Å²) in [5, 5.41) is 0. The van der Waals surface area contributed by atoms with Crippen molar-refractivity contribution in [2.24, 2.45) is 0 Å². The van der Waals surface area contributed by atoms with E-state index >= 15 is 0 Å². The van der Waals surface area contributed by atoms with E-state index in [4.69, 9.17) is 4.74 Å². The second-order valence-electron chi connectivity index (χ2n) is 2.57. The molecule has 0 saturated carbocycles. The molecule has 1 aromatic carbocycles. The van der Waals surface area contributed by atoms with Crippen molar-refractivity contribution in [2.75, 3.05) is 6.61 Å². The van der Waals surface area contributed by atoms with Crippen molar-refractivity contribution in [3.8, 4) is 5.75 Å². The van der Waals surface area contributed by atoms with Gasteiger partial charge in [-0.25, -0.2) is 4.39 Å². The molecule has 0 aliphatic heterocycles. The van der Waals surface area contributed by atoms with Gasteiger partial charge in [0.15, 0.2) is 5.78 Å². The van der Waals surface area contributed by atoms with Crippen LogP contribution >= 0.6 is 15.9 Å². The van der Waals surface area contributed by atoms with E-state index in [2.05, 4.69) is 15.9 Å². The number of carbonyl (C=O) groups excluding carboxylic acids is 1. The van der Waals surface area contributed by atoms with Gasteiger partial charge in [-0.05, 0) is 41.1 Å². The molecule has 70 valence electrons. The molecule has 0 fully saturated rings. The van der Waals surface area contributed by atoms with Crippen LogP contribution in [0.5, 0.6) is 5.75 Å². The lowest BCUT2D eigenvalue weighted by Crippen LogP contribution is -2.06. The standard InChI is InChI=1S/C9H8BrFO2/c1-6(12)5-13-7-2-3-9(11)8(10)4-7/h2-4H,5H2,1H3. The lowest BCUT2D eigenvalue weighted by atomic mass is 10.3. The third-order valence-electron chi connectivity index (χ3n) is 1.33. The van der Waals surface area contributed by atoms with Crippen molar-refractivity contribution < 1.29 is 13.9 Å². The molecule has 0 amide bonds. The molecule has 0 aromatic heterocycles. The maximum absolute atomic E-state index is 12.7. The van der Waals surface area contributed by atoms with Gasteiger partial charge in [-0.1, -0.05) is 0 Å². The molecule has 0 atom stereocenters. The van der Waals surface area contributed by atoms with Gasteiger partial charge in [-0.2, -0.15) is 0 Å². The molecule has 1 aromatic rings. The second-order valence-corrected chi connectivity index (χ2v) is 3.42. The van der Waals surface area contributed by atoms with Crippen molar-refractivity contribution in [3.63, 3.8) is 0 Å². The summed E-state index contributed by atoms with van der Waals surface area (Å²) in [5.41, 5.74) is 0. The Morgan fingerprint density at radius 3 is 2.85 bits per heavy atom. The van der Waals surface area contributed by atoms with Gasteiger partial charge < -0.3 is 4.74 Å². The first kappa shape index (κ1) is 10.2. The zero-order chi connectivity index (χ0) is 9.84. The van der Waals surface area contributed by atoms with E-state index in [0.29, 0.717) is 10.2 Å². The van der Waals surface area contributed by atoms with Crippen LogP contribution < -0.4 is 4.74 Å². The zero-order valence-electron chi connectivity index (χ0n) is 7.01. The molecular weight excluding hydrogens is 239 g/mol. The predicted octanol–water partition coefficient (Wildman–Crippen LogP) is 2.56. The van der Waals surface area contributed by atoms with Crippen LogP contribution in [0.3, 0.4) is 0 Å². The molecule has 0 aliphatic rings. The average molecular weight is 247 g/mol. The Morgan fingerprint density at radius 2 is 2.31 bits per heavy atom. The normalized spacial score (nSPS) is 9.77. The summed E-state index contributed by atoms with van der Waals surface area (Å²) >= 11 is 3.01. The molecule has 0 bridgehead atoms. The minimum absolute atomic E-state index is 0.0120. The first-order chi connectivity index (χ1) is 6.09. The van der Waals surface area contributed by atoms with Gasteiger partial charge in [0.05, 0.1) is 4.47 Å². The fourth-order valence-corrected chi connectivity index (χ4v) is 1.11. The summed E-state index contributed by atoms with van der Waals surface area (Å²) in [6.45, 7) is 1.44. The van der Waals surface area contributed by atoms with Crippen molar-refractivity contribution in [1.82, 2.24) is 0 Å². The van der Waals surface area contributed by atoms with Crippen molar-refractivity contribution in [1.29, 1.82) is 0 Å². The molecule has 2 nitrogen and oxygen atoms in total. The molecular formula is C9H8BrFO2. The summed E-state index contributed by atoms with van der Waals surface area (Å²) < 4.78 is 18.1. The largest absolute Gasteiger partial charge is 0.486 e. The lowest BCUT2D eigenvalue weighted by molar-refractivity contribution is -0.118. The SMILES string of the molecule is CC(=O)COc1ccc(F)c(Br)c1. The summed E-state index contributed by atoms with van der Waals surface area (Å²) in [6, 6.07) is 4.24. The Hall–Kier alpha value is -0.900. The maximum atomic E-state index is 12.7. The van der Waals surface area contributed by atoms with Crippen LogP contribution in [-0.4, -0.2) is 12.4 Å². The Bertz CT molecular complexity index is 325. The number of hydrogen-bond acceptors (Lipinski definition) is 2. The van der Waals surface area contributed by atoms with Crippen molar-refractivity contribution in [2.45, 2.75) is 6.92 Å². The van der Waals surface area contributed by atoms with Gasteiger partial charge in [0.1, 0.15) is 18.2 Å². The summed E-state index contributed by atoms with van der Waals surface area (Å²) in [6.07, 6.45) is 0. The zero-order valence-corrected chi connectivity index (χ0v) is 8.60. The number of benzene rings is 1. The van der Waals surface area contributed by atoms with E-state index < -0.39 is 0 Å². The highest BCUT2D eigenvalue weighted by atomic mass is 79.9. The minimum atomic E-state index is -0.352. The number of carbonyl (C=O) groups is 1. The van der Waals surface area contributed by atoms with Crippen LogP contribution in [-0.2, 0) is 4.79 Å². The van der Waals surface area contributed by atoms with E-state index in [1.54, 1.807) is 0 Å². The fourth-order valence-electron chi connectivity index (χ4n) is 0.752. The maximum Gasteiger partial charge on any atom is 0.167 e. The Balaban J connectivity index is 2.68. The third-order valence-corrected chi connectivity index (χ3v) is 1.94. The highest BCUT2D eigenvalue weighted by molar-refractivity contribution is 9.10. The van der Waals surface area contributed by atoms with E-state index in [1.165, 1.54) is 25.1 Å². The Morgan fingerprint density at radius 1 is 1.62 bits per heavy atom. The van der Waals surface area contributed by atoms with Gasteiger partial charge in [-0.15, -0.1) is 0 Å². The van der Waals surface area contributed by atoms with Gasteiger partial charge in [0.2, 0.25) is 0 Å². The molecule has 1 rings (SSSR count). The number of ketones is 1. The molecule has 0 spiro atoms. The molecule has 0 saturated heterocycles.